The standard InChI is InChI=1S/C34H23N3O2S.C6H4N.2Pt/c1-36-16-17-37(24-36)28-9-7-13-31(22-28)39-30-12-6-8-26(18-30)34-21-25(14-15-35-34)27-19-32(23-33(20-27)40-2)38-29-10-4-3-5-11-29;1-2-7-5-3-4-6-7;;/h3-10,12-13,15-17,20-21,23-24H,1-2H3;3-6H;;/q-6;-1;;+4. The molecule has 49 heavy (non-hydrogen) atoms. The third-order valence-corrected chi connectivity index (χ3v) is 7.45. The van der Waals surface area contributed by atoms with E-state index in [1.165, 1.54) is 0 Å². The summed E-state index contributed by atoms with van der Waals surface area (Å²) in [6, 6.07) is 47.3. The van der Waals surface area contributed by atoms with E-state index in [2.05, 4.69) is 47.4 Å². The molecular formula is C40H27N4O2Pt2S-3. The Kier molecular flexibility index (Phi) is 14.0. The molecule has 0 unspecified atom stereocenters. The largest absolute Gasteiger partial charge is 4.00 e. The van der Waals surface area contributed by atoms with E-state index in [9.17, 15) is 0 Å². The molecule has 2 aromatic heterocycles. The number of benzene rings is 4. The molecule has 0 fully saturated rings. The summed E-state index contributed by atoms with van der Waals surface area (Å²) in [5.41, 5.74) is 4.15. The maximum absolute atomic E-state index is 6.57. The van der Waals surface area contributed by atoms with Crippen LogP contribution in [0.4, 0.5) is 5.69 Å². The number of nitrogens with zero attached hydrogens (tertiary/aromatic N) is 4. The summed E-state index contributed by atoms with van der Waals surface area (Å²) in [4.78, 5) is 9.57. The summed E-state index contributed by atoms with van der Waals surface area (Å²) in [7, 11) is 1.98. The molecule has 9 heteroatoms. The van der Waals surface area contributed by atoms with E-state index in [0.717, 1.165) is 33.0 Å². The van der Waals surface area contributed by atoms with Crippen LogP contribution >= 0.6 is 11.8 Å². The topological polar surface area (TPSA) is 42.8 Å². The Balaban J connectivity index is 0.000000537. The molecule has 1 aliphatic rings. The second kappa shape index (κ2) is 18.3. The molecule has 0 atom stereocenters. The summed E-state index contributed by atoms with van der Waals surface area (Å²) >= 11 is 1.64. The molecule has 3 heterocycles. The van der Waals surface area contributed by atoms with Gasteiger partial charge in [-0.15, -0.1) is 59.8 Å². The molecule has 0 saturated carbocycles. The van der Waals surface area contributed by atoms with Crippen molar-refractivity contribution in [3.05, 3.63) is 165 Å². The molecular weight excluding hydrogens is 991 g/mol. The Morgan fingerprint density at radius 1 is 0.776 bits per heavy atom. The summed E-state index contributed by atoms with van der Waals surface area (Å²) in [6.45, 7) is 1.97. The molecule has 1 aliphatic heterocycles. The number of anilines is 1. The Labute approximate surface area is 321 Å². The monoisotopic (exact) mass is 1020 g/mol. The Morgan fingerprint density at radius 3 is 2.20 bits per heavy atom. The smallest absolute Gasteiger partial charge is 0.669 e. The predicted octanol–water partition coefficient (Wildman–Crippen LogP) is 8.94. The van der Waals surface area contributed by atoms with Crippen LogP contribution in [0, 0.1) is 49.5 Å². The van der Waals surface area contributed by atoms with Gasteiger partial charge in [0.25, 0.3) is 0 Å². The number of pyridine rings is 1. The van der Waals surface area contributed by atoms with Crippen LogP contribution in [0.2, 0.25) is 0 Å². The van der Waals surface area contributed by atoms with Crippen LogP contribution in [0.15, 0.2) is 127 Å². The van der Waals surface area contributed by atoms with Gasteiger partial charge in [-0.2, -0.15) is 54.8 Å². The van der Waals surface area contributed by atoms with E-state index in [4.69, 9.17) is 15.9 Å². The van der Waals surface area contributed by atoms with E-state index in [-0.39, 0.29) is 42.1 Å². The zero-order chi connectivity index (χ0) is 32.4. The molecule has 4 aromatic carbocycles. The van der Waals surface area contributed by atoms with Crippen molar-refractivity contribution < 1.29 is 51.6 Å². The molecule has 6 aromatic rings. The molecule has 0 amide bonds. The van der Waals surface area contributed by atoms with E-state index < -0.39 is 0 Å². The minimum atomic E-state index is 0. The van der Waals surface area contributed by atoms with Crippen molar-refractivity contribution in [2.75, 3.05) is 18.2 Å². The number of hydrogen-bond acceptors (Lipinski definition) is 6. The predicted molar refractivity (Wildman–Crippen MR) is 185 cm³/mol. The molecule has 0 aliphatic carbocycles. The van der Waals surface area contributed by atoms with Gasteiger partial charge in [0.2, 0.25) is 0 Å². The summed E-state index contributed by atoms with van der Waals surface area (Å²) in [5.74, 6) is 2.43. The number of ether oxygens (including phenoxy) is 2. The van der Waals surface area contributed by atoms with E-state index in [1.807, 2.05) is 127 Å². The fourth-order valence-electron chi connectivity index (χ4n) is 4.51. The van der Waals surface area contributed by atoms with Crippen LogP contribution in [-0.2, 0) is 42.1 Å². The third-order valence-electron chi connectivity index (χ3n) is 6.75. The average Bonchev–Trinajstić information content (AvgIpc) is 3.81. The van der Waals surface area contributed by atoms with Crippen LogP contribution in [0.3, 0.4) is 0 Å². The molecule has 6 nitrogen and oxygen atoms in total. The Hall–Kier alpha value is -4.46. The average molecular weight is 1020 g/mol. The van der Waals surface area contributed by atoms with Gasteiger partial charge in [0.05, 0.1) is 0 Å². The normalized spacial score (nSPS) is 11.4. The first-order chi connectivity index (χ1) is 23.1. The fraction of sp³-hybridized carbons (Fsp3) is 0.0500. The number of thioether (sulfide) groups is 1. The number of aromatic nitrogens is 2. The number of hydrogen-bond donors (Lipinski definition) is 0. The summed E-state index contributed by atoms with van der Waals surface area (Å²) < 4.78 is 13.7. The minimum absolute atomic E-state index is 0. The SMILES string of the molecule is CSc1cc(Oc2[c-]cccc2)[c-]c(-c2[c-]cnc(-c3[c-]c(Oc4[c-]c(N5C=CN(C)[CH-]5)ccc4)ccc3)c2)c1.[C-]#Cn1cccc1.[Pt+4].[Pt]. The quantitative estimate of drug-likeness (QED) is 0.0863. The van der Waals surface area contributed by atoms with Crippen molar-refractivity contribution in [3.8, 4) is 51.4 Å². The van der Waals surface area contributed by atoms with Gasteiger partial charge in [0.15, 0.2) is 0 Å². The minimum Gasteiger partial charge on any atom is -0.669 e. The van der Waals surface area contributed by atoms with E-state index in [1.54, 1.807) is 34.9 Å². The molecule has 0 radical (unpaired) electrons. The van der Waals surface area contributed by atoms with Crippen LogP contribution in [-0.4, -0.2) is 27.8 Å². The first-order valence-corrected chi connectivity index (χ1v) is 15.7. The van der Waals surface area contributed by atoms with Crippen LogP contribution < -0.4 is 14.4 Å². The summed E-state index contributed by atoms with van der Waals surface area (Å²) in [5, 5.41) is 0. The van der Waals surface area contributed by atoms with Crippen molar-refractivity contribution in [2.24, 2.45) is 0 Å². The first-order valence-electron chi connectivity index (χ1n) is 14.5. The van der Waals surface area contributed by atoms with Gasteiger partial charge in [-0.1, -0.05) is 28.9 Å². The van der Waals surface area contributed by atoms with Gasteiger partial charge >= 0.3 is 21.1 Å². The Bertz CT molecular complexity index is 2010. The van der Waals surface area contributed by atoms with Crippen molar-refractivity contribution >= 4 is 17.4 Å². The van der Waals surface area contributed by atoms with Crippen LogP contribution in [0.1, 0.15) is 0 Å². The maximum atomic E-state index is 6.57. The van der Waals surface area contributed by atoms with Crippen LogP contribution in [0.5, 0.6) is 23.0 Å². The van der Waals surface area contributed by atoms with Gasteiger partial charge < -0.3 is 35.2 Å². The third kappa shape index (κ3) is 10.3. The number of para-hydroxylation sites is 1. The van der Waals surface area contributed by atoms with E-state index >= 15 is 0 Å². The molecule has 0 N–H and O–H groups in total. The van der Waals surface area contributed by atoms with Gasteiger partial charge in [-0.3, -0.25) is 11.1 Å². The summed E-state index contributed by atoms with van der Waals surface area (Å²) in [6.07, 6.45) is 17.7. The second-order valence-electron chi connectivity index (χ2n) is 10.1. The second-order valence-corrected chi connectivity index (χ2v) is 11.0. The van der Waals surface area contributed by atoms with Gasteiger partial charge in [0, 0.05) is 56.5 Å². The fourth-order valence-corrected chi connectivity index (χ4v) is 4.97. The van der Waals surface area contributed by atoms with Crippen molar-refractivity contribution in [1.82, 2.24) is 14.5 Å². The first kappa shape index (κ1) is 37.4. The van der Waals surface area contributed by atoms with E-state index in [0.29, 0.717) is 23.0 Å². The zero-order valence-electron chi connectivity index (χ0n) is 26.3. The van der Waals surface area contributed by atoms with Crippen molar-refractivity contribution in [2.45, 2.75) is 4.90 Å². The number of rotatable bonds is 8. The molecule has 0 spiro atoms. The van der Waals surface area contributed by atoms with Gasteiger partial charge in [-0.25, -0.2) is 18.2 Å². The molecule has 248 valence electrons. The maximum Gasteiger partial charge on any atom is 4.00 e. The zero-order valence-corrected chi connectivity index (χ0v) is 31.6. The van der Waals surface area contributed by atoms with Gasteiger partial charge in [0.1, 0.15) is 0 Å². The van der Waals surface area contributed by atoms with Gasteiger partial charge in [-0.05, 0) is 37.8 Å². The molecule has 0 bridgehead atoms. The molecule has 0 saturated heterocycles. The molecule has 7 rings (SSSR count). The van der Waals surface area contributed by atoms with Crippen molar-refractivity contribution in [3.63, 3.8) is 0 Å². The van der Waals surface area contributed by atoms with Crippen molar-refractivity contribution in [1.29, 1.82) is 0 Å². The Morgan fingerprint density at radius 2 is 1.51 bits per heavy atom. The van der Waals surface area contributed by atoms with Crippen LogP contribution in [0.25, 0.3) is 22.4 Å².